The molecule has 0 spiro atoms. The zero-order chi connectivity index (χ0) is 21.4. The second-order valence-electron chi connectivity index (χ2n) is 6.84. The van der Waals surface area contributed by atoms with E-state index >= 15 is 0 Å². The van der Waals surface area contributed by atoms with Crippen LogP contribution in [0.15, 0.2) is 30.3 Å². The van der Waals surface area contributed by atoms with E-state index in [2.05, 4.69) is 4.98 Å². The van der Waals surface area contributed by atoms with Gasteiger partial charge in [-0.1, -0.05) is 18.2 Å². The highest BCUT2D eigenvalue weighted by atomic mass is 32.1. The van der Waals surface area contributed by atoms with Crippen molar-refractivity contribution in [3.05, 3.63) is 56.9 Å². The Bertz CT molecular complexity index is 1230. The van der Waals surface area contributed by atoms with Crippen molar-refractivity contribution in [1.29, 1.82) is 5.26 Å². The summed E-state index contributed by atoms with van der Waals surface area (Å²) in [5, 5.41) is 9.18. The Hall–Kier alpha value is -2.73. The Balaban J connectivity index is 2.19. The summed E-state index contributed by atoms with van der Waals surface area (Å²) in [4.78, 5) is 2.84. The van der Waals surface area contributed by atoms with Gasteiger partial charge in [0.1, 0.15) is 10.9 Å². The van der Waals surface area contributed by atoms with Crippen molar-refractivity contribution in [2.75, 3.05) is 0 Å². The Kier molecular flexibility index (Phi) is 3.98. The Labute approximate surface area is 165 Å². The van der Waals surface area contributed by atoms with Crippen molar-refractivity contribution in [2.24, 2.45) is 0 Å². The molecule has 0 saturated carbocycles. The van der Waals surface area contributed by atoms with Crippen LogP contribution in [0.4, 0.5) is 26.3 Å². The number of H-pyrrole nitrogens is 1. The third-order valence-electron chi connectivity index (χ3n) is 5.11. The van der Waals surface area contributed by atoms with E-state index in [1.165, 1.54) is 26.0 Å². The van der Waals surface area contributed by atoms with Crippen molar-refractivity contribution in [3.63, 3.8) is 0 Å². The molecular weight excluding hydrogens is 414 g/mol. The van der Waals surface area contributed by atoms with Gasteiger partial charge in [-0.2, -0.15) is 31.6 Å². The van der Waals surface area contributed by atoms with Crippen LogP contribution in [0.3, 0.4) is 0 Å². The molecule has 2 heterocycles. The van der Waals surface area contributed by atoms with Crippen LogP contribution >= 0.6 is 11.3 Å². The lowest BCUT2D eigenvalue weighted by molar-refractivity contribution is -0.254. The first-order valence-corrected chi connectivity index (χ1v) is 9.24. The highest BCUT2D eigenvalue weighted by Crippen LogP contribution is 2.65. The minimum absolute atomic E-state index is 0.0330. The summed E-state index contributed by atoms with van der Waals surface area (Å²) in [5.41, 5.74) is -3.25. The zero-order valence-electron chi connectivity index (χ0n) is 15.0. The van der Waals surface area contributed by atoms with Gasteiger partial charge in [0.25, 0.3) is 0 Å². The van der Waals surface area contributed by atoms with Crippen molar-refractivity contribution >= 4 is 33.4 Å². The molecule has 0 fully saturated rings. The van der Waals surface area contributed by atoms with Crippen LogP contribution in [-0.4, -0.2) is 22.8 Å². The maximum Gasteiger partial charge on any atom is 0.380 e. The lowest BCUT2D eigenvalue weighted by atomic mass is 9.93. The van der Waals surface area contributed by atoms with Crippen LogP contribution in [0, 0.1) is 25.2 Å². The van der Waals surface area contributed by atoms with Crippen molar-refractivity contribution in [1.82, 2.24) is 4.98 Å². The van der Waals surface area contributed by atoms with Gasteiger partial charge in [0, 0.05) is 38.2 Å². The number of thiophene rings is 1. The second kappa shape index (κ2) is 5.89. The number of nitriles is 1. The number of halogens is 6. The van der Waals surface area contributed by atoms with Crippen molar-refractivity contribution < 1.29 is 26.3 Å². The normalized spacial score (nSPS) is 19.7. The highest BCUT2D eigenvalue weighted by Gasteiger charge is 2.80. The largest absolute Gasteiger partial charge is 0.380 e. The number of nitrogens with one attached hydrogen (secondary N) is 1. The van der Waals surface area contributed by atoms with E-state index in [4.69, 9.17) is 5.26 Å². The maximum absolute atomic E-state index is 14.9. The summed E-state index contributed by atoms with van der Waals surface area (Å²) in [7, 11) is 0. The number of para-hydroxylation sites is 1. The van der Waals surface area contributed by atoms with Crippen LogP contribution in [0.5, 0.6) is 0 Å². The van der Waals surface area contributed by atoms with Crippen LogP contribution in [0.2, 0.25) is 0 Å². The van der Waals surface area contributed by atoms with Gasteiger partial charge < -0.3 is 4.98 Å². The number of aromatic amines is 1. The van der Waals surface area contributed by atoms with Crippen LogP contribution in [0.25, 0.3) is 22.0 Å². The fraction of sp³-hybridized carbons (Fsp3) is 0.250. The van der Waals surface area contributed by atoms with Gasteiger partial charge in [0.15, 0.2) is 0 Å². The first-order chi connectivity index (χ1) is 13.4. The summed E-state index contributed by atoms with van der Waals surface area (Å²) in [5.74, 6) is -15.9. The third kappa shape index (κ3) is 2.35. The second-order valence-corrected chi connectivity index (χ2v) is 8.09. The molecule has 4 rings (SSSR count). The predicted molar refractivity (Wildman–Crippen MR) is 98.5 cm³/mol. The molecule has 0 unspecified atom stereocenters. The lowest BCUT2D eigenvalue weighted by Crippen LogP contribution is -2.48. The van der Waals surface area contributed by atoms with Crippen LogP contribution < -0.4 is 0 Å². The summed E-state index contributed by atoms with van der Waals surface area (Å²) < 4.78 is 88.4. The van der Waals surface area contributed by atoms with Gasteiger partial charge in [0.2, 0.25) is 0 Å². The molecule has 0 radical (unpaired) electrons. The average molecular weight is 426 g/mol. The molecule has 1 N–H and O–H groups in total. The monoisotopic (exact) mass is 426 g/mol. The predicted octanol–water partition coefficient (Wildman–Crippen LogP) is 6.55. The number of aryl methyl sites for hydroxylation is 2. The van der Waals surface area contributed by atoms with Crippen LogP contribution in [-0.2, 0) is 0 Å². The molecule has 1 aromatic carbocycles. The zero-order valence-corrected chi connectivity index (χ0v) is 15.8. The Morgan fingerprint density at radius 1 is 0.966 bits per heavy atom. The SMILES string of the molecule is Cc1[nH]c2ccccc2c1C1=C(c2cc(C#N)sc2C)C(F)(F)C(F)(F)C1(F)F. The molecule has 0 bridgehead atoms. The molecule has 3 aromatic rings. The van der Waals surface area contributed by atoms with Gasteiger partial charge in [-0.05, 0) is 31.5 Å². The van der Waals surface area contributed by atoms with E-state index < -0.39 is 34.5 Å². The molecule has 0 aliphatic heterocycles. The maximum atomic E-state index is 14.9. The van der Waals surface area contributed by atoms with Crippen molar-refractivity contribution in [3.8, 4) is 6.07 Å². The summed E-state index contributed by atoms with van der Waals surface area (Å²) in [6.45, 7) is 2.70. The average Bonchev–Trinajstić information content (AvgIpc) is 3.20. The smallest absolute Gasteiger partial charge is 0.358 e. The quantitative estimate of drug-likeness (QED) is 0.464. The van der Waals surface area contributed by atoms with E-state index in [0.717, 1.165) is 17.4 Å². The Morgan fingerprint density at radius 2 is 1.59 bits per heavy atom. The van der Waals surface area contributed by atoms with Gasteiger partial charge in [0.05, 0.1) is 0 Å². The molecule has 0 saturated heterocycles. The van der Waals surface area contributed by atoms with Crippen LogP contribution in [0.1, 0.15) is 26.6 Å². The molecule has 0 atom stereocenters. The number of fused-ring (bicyclic) bond motifs is 1. The molecule has 0 amide bonds. The standard InChI is InChI=1S/C20H12F6N2S/c1-9-15(12-5-3-4-6-14(12)28-9)17-16(13-7-11(8-27)29-10(13)2)18(21,22)20(25,26)19(17,23)24/h3-7,28H,1-2H3. The number of nitrogens with zero attached hydrogens (tertiary/aromatic N) is 1. The summed E-state index contributed by atoms with van der Waals surface area (Å²) in [6, 6.07) is 8.77. The van der Waals surface area contributed by atoms with E-state index in [-0.39, 0.29) is 26.4 Å². The number of alkyl halides is 6. The van der Waals surface area contributed by atoms with Gasteiger partial charge in [-0.15, -0.1) is 11.3 Å². The molecule has 1 aliphatic carbocycles. The minimum atomic E-state index is -5.63. The van der Waals surface area contributed by atoms with Gasteiger partial charge >= 0.3 is 17.8 Å². The molecule has 150 valence electrons. The fourth-order valence-corrected chi connectivity index (χ4v) is 4.62. The number of hydrogen-bond acceptors (Lipinski definition) is 2. The van der Waals surface area contributed by atoms with E-state index in [1.54, 1.807) is 18.2 Å². The van der Waals surface area contributed by atoms with Gasteiger partial charge in [-0.3, -0.25) is 0 Å². The molecule has 9 heteroatoms. The molecule has 2 aromatic heterocycles. The number of rotatable bonds is 2. The van der Waals surface area contributed by atoms with E-state index in [1.807, 2.05) is 0 Å². The first kappa shape index (κ1) is 19.6. The molecule has 29 heavy (non-hydrogen) atoms. The number of allylic oxidation sites excluding steroid dienone is 2. The highest BCUT2D eigenvalue weighted by molar-refractivity contribution is 7.12. The summed E-state index contributed by atoms with van der Waals surface area (Å²) in [6.07, 6.45) is 0. The molecule has 1 aliphatic rings. The van der Waals surface area contributed by atoms with E-state index in [0.29, 0.717) is 5.52 Å². The molecule has 2 nitrogen and oxygen atoms in total. The first-order valence-electron chi connectivity index (χ1n) is 8.42. The third-order valence-corrected chi connectivity index (χ3v) is 6.06. The fourth-order valence-electron chi connectivity index (χ4n) is 3.80. The lowest BCUT2D eigenvalue weighted by Gasteiger charge is -2.25. The topological polar surface area (TPSA) is 39.6 Å². The van der Waals surface area contributed by atoms with E-state index in [9.17, 15) is 26.3 Å². The number of hydrogen-bond donors (Lipinski definition) is 1. The molecular formula is C20H12F6N2S. The Morgan fingerprint density at radius 3 is 2.21 bits per heavy atom. The van der Waals surface area contributed by atoms with Crippen molar-refractivity contribution in [2.45, 2.75) is 31.6 Å². The minimum Gasteiger partial charge on any atom is -0.358 e. The number of benzene rings is 1. The van der Waals surface area contributed by atoms with Gasteiger partial charge in [-0.25, -0.2) is 0 Å². The number of aromatic nitrogens is 1. The summed E-state index contributed by atoms with van der Waals surface area (Å²) >= 11 is 0.783.